The van der Waals surface area contributed by atoms with Gasteiger partial charge in [-0.15, -0.1) is 0 Å². The van der Waals surface area contributed by atoms with Crippen molar-refractivity contribution in [3.63, 3.8) is 0 Å². The molecule has 76 valence electrons. The Kier molecular flexibility index (Phi) is 1.89. The number of rotatable bonds is 2. The van der Waals surface area contributed by atoms with Crippen LogP contribution in [0.5, 0.6) is 0 Å². The molecule has 0 amide bonds. The van der Waals surface area contributed by atoms with Crippen molar-refractivity contribution in [3.8, 4) is 0 Å². The lowest BCUT2D eigenvalue weighted by Crippen LogP contribution is -2.23. The summed E-state index contributed by atoms with van der Waals surface area (Å²) in [7, 11) is 3.22. The fourth-order valence-corrected chi connectivity index (χ4v) is 1.71. The number of nitrogens with zero attached hydrogens (tertiary/aromatic N) is 1. The molecule has 1 aliphatic carbocycles. The highest BCUT2D eigenvalue weighted by atomic mass is 16.5. The Labute approximate surface area is 82.6 Å². The molecular weight excluding hydrogens is 180 g/mol. The highest BCUT2D eigenvalue weighted by molar-refractivity contribution is 5.87. The zero-order chi connectivity index (χ0) is 10.3. The maximum absolute atomic E-state index is 11.3. The first-order chi connectivity index (χ1) is 6.58. The number of carbonyl (C=O) groups is 1. The van der Waals surface area contributed by atoms with Crippen molar-refractivity contribution in [2.75, 3.05) is 7.11 Å². The molecule has 1 saturated carbocycles. The fraction of sp³-hybridized carbons (Fsp3) is 0.500. The fourth-order valence-electron chi connectivity index (χ4n) is 1.71. The van der Waals surface area contributed by atoms with Gasteiger partial charge >= 0.3 is 5.97 Å². The molecule has 2 N–H and O–H groups in total. The average Bonchev–Trinajstić information content (AvgIpc) is 2.77. The van der Waals surface area contributed by atoms with Crippen LogP contribution >= 0.6 is 0 Å². The first-order valence-corrected chi connectivity index (χ1v) is 4.62. The van der Waals surface area contributed by atoms with Crippen LogP contribution in [0.3, 0.4) is 0 Å². The molecule has 0 radical (unpaired) electrons. The minimum absolute atomic E-state index is 0.207. The van der Waals surface area contributed by atoms with Crippen LogP contribution in [0.4, 0.5) is 0 Å². The monoisotopic (exact) mass is 194 g/mol. The molecule has 4 nitrogen and oxygen atoms in total. The zero-order valence-electron chi connectivity index (χ0n) is 8.41. The van der Waals surface area contributed by atoms with E-state index in [0.717, 1.165) is 18.5 Å². The van der Waals surface area contributed by atoms with Crippen LogP contribution in [0.2, 0.25) is 0 Å². The van der Waals surface area contributed by atoms with Crippen LogP contribution in [0.1, 0.15) is 29.0 Å². The molecule has 2 rings (SSSR count). The van der Waals surface area contributed by atoms with E-state index >= 15 is 0 Å². The molecule has 1 aromatic heterocycles. The molecule has 0 atom stereocenters. The van der Waals surface area contributed by atoms with E-state index < -0.39 is 0 Å². The van der Waals surface area contributed by atoms with Gasteiger partial charge in [0.1, 0.15) is 5.69 Å². The second-order valence-corrected chi connectivity index (χ2v) is 3.81. The number of ether oxygens (including phenoxy) is 1. The SMILES string of the molecule is COC(=O)c1ccc(C2(N)CC2)n1C. The highest BCUT2D eigenvalue weighted by Gasteiger charge is 2.42. The van der Waals surface area contributed by atoms with Crippen LogP contribution in [-0.4, -0.2) is 17.6 Å². The second-order valence-electron chi connectivity index (χ2n) is 3.81. The summed E-state index contributed by atoms with van der Waals surface area (Å²) in [6.45, 7) is 0. The van der Waals surface area contributed by atoms with Crippen molar-refractivity contribution in [3.05, 3.63) is 23.5 Å². The average molecular weight is 194 g/mol. The smallest absolute Gasteiger partial charge is 0.354 e. The Morgan fingerprint density at radius 3 is 2.71 bits per heavy atom. The van der Waals surface area contributed by atoms with Gasteiger partial charge in [-0.05, 0) is 25.0 Å². The van der Waals surface area contributed by atoms with Crippen molar-refractivity contribution in [1.29, 1.82) is 0 Å². The van der Waals surface area contributed by atoms with Crippen molar-refractivity contribution in [2.24, 2.45) is 12.8 Å². The minimum Gasteiger partial charge on any atom is -0.464 e. The molecule has 1 fully saturated rings. The van der Waals surface area contributed by atoms with E-state index in [1.807, 2.05) is 17.7 Å². The lowest BCUT2D eigenvalue weighted by atomic mass is 10.2. The Balaban J connectivity index is 2.37. The van der Waals surface area contributed by atoms with Crippen molar-refractivity contribution in [1.82, 2.24) is 4.57 Å². The molecule has 1 heterocycles. The molecule has 14 heavy (non-hydrogen) atoms. The van der Waals surface area contributed by atoms with Gasteiger partial charge in [0.25, 0.3) is 0 Å². The topological polar surface area (TPSA) is 57.2 Å². The lowest BCUT2D eigenvalue weighted by Gasteiger charge is -2.11. The number of hydrogen-bond acceptors (Lipinski definition) is 3. The summed E-state index contributed by atoms with van der Waals surface area (Å²) >= 11 is 0. The molecule has 1 aromatic rings. The van der Waals surface area contributed by atoms with Gasteiger partial charge in [-0.1, -0.05) is 0 Å². The molecule has 0 aliphatic heterocycles. The van der Waals surface area contributed by atoms with E-state index in [9.17, 15) is 4.79 Å². The van der Waals surface area contributed by atoms with Gasteiger partial charge in [-0.25, -0.2) is 4.79 Å². The number of hydrogen-bond donors (Lipinski definition) is 1. The summed E-state index contributed by atoms with van der Waals surface area (Å²) in [5.41, 5.74) is 7.41. The van der Waals surface area contributed by atoms with Gasteiger partial charge < -0.3 is 15.0 Å². The van der Waals surface area contributed by atoms with Gasteiger partial charge in [0.2, 0.25) is 0 Å². The third-order valence-corrected chi connectivity index (χ3v) is 2.82. The molecule has 0 saturated heterocycles. The van der Waals surface area contributed by atoms with E-state index in [-0.39, 0.29) is 11.5 Å². The Morgan fingerprint density at radius 1 is 1.57 bits per heavy atom. The summed E-state index contributed by atoms with van der Waals surface area (Å²) in [6, 6.07) is 3.66. The number of carbonyl (C=O) groups excluding carboxylic acids is 1. The van der Waals surface area contributed by atoms with E-state index in [2.05, 4.69) is 4.74 Å². The first kappa shape index (κ1) is 9.27. The van der Waals surface area contributed by atoms with Gasteiger partial charge in [-0.3, -0.25) is 0 Å². The zero-order valence-corrected chi connectivity index (χ0v) is 8.41. The quantitative estimate of drug-likeness (QED) is 0.707. The number of methoxy groups -OCH3 is 1. The van der Waals surface area contributed by atoms with Gasteiger partial charge in [0, 0.05) is 12.7 Å². The normalized spacial score (nSPS) is 17.9. The summed E-state index contributed by atoms with van der Waals surface area (Å²) in [5, 5.41) is 0. The molecule has 0 bridgehead atoms. The van der Waals surface area contributed by atoms with Crippen molar-refractivity contribution in [2.45, 2.75) is 18.4 Å². The molecular formula is C10H14N2O2. The van der Waals surface area contributed by atoms with Crippen LogP contribution < -0.4 is 5.73 Å². The largest absolute Gasteiger partial charge is 0.464 e. The third-order valence-electron chi connectivity index (χ3n) is 2.82. The maximum Gasteiger partial charge on any atom is 0.354 e. The predicted octanol–water partition coefficient (Wildman–Crippen LogP) is 0.759. The number of esters is 1. The standard InChI is InChI=1S/C10H14N2O2/c1-12-7(9(13)14-2)3-4-8(12)10(11)5-6-10/h3-4H,5-6,11H2,1-2H3. The minimum atomic E-state index is -0.317. The third kappa shape index (κ3) is 1.23. The molecule has 1 aliphatic rings. The van der Waals surface area contributed by atoms with Crippen LogP contribution in [0.25, 0.3) is 0 Å². The predicted molar refractivity (Wildman–Crippen MR) is 51.9 cm³/mol. The van der Waals surface area contributed by atoms with E-state index in [1.54, 1.807) is 6.07 Å². The first-order valence-electron chi connectivity index (χ1n) is 4.62. The highest BCUT2D eigenvalue weighted by Crippen LogP contribution is 2.42. The van der Waals surface area contributed by atoms with Crippen LogP contribution in [0.15, 0.2) is 12.1 Å². The van der Waals surface area contributed by atoms with E-state index in [1.165, 1.54) is 7.11 Å². The van der Waals surface area contributed by atoms with Gasteiger partial charge in [0.05, 0.1) is 12.6 Å². The van der Waals surface area contributed by atoms with Gasteiger partial charge in [-0.2, -0.15) is 0 Å². The van der Waals surface area contributed by atoms with Crippen LogP contribution in [0, 0.1) is 0 Å². The van der Waals surface area contributed by atoms with Gasteiger partial charge in [0.15, 0.2) is 0 Å². The molecule has 0 spiro atoms. The molecule has 0 aromatic carbocycles. The Bertz CT molecular complexity index is 377. The Hall–Kier alpha value is -1.29. The molecule has 4 heteroatoms. The van der Waals surface area contributed by atoms with Crippen LogP contribution in [-0.2, 0) is 17.3 Å². The van der Waals surface area contributed by atoms with Crippen molar-refractivity contribution >= 4 is 5.97 Å². The summed E-state index contributed by atoms with van der Waals surface area (Å²) < 4.78 is 6.48. The lowest BCUT2D eigenvalue weighted by molar-refractivity contribution is 0.0589. The molecule has 0 unspecified atom stereocenters. The second kappa shape index (κ2) is 2.85. The van der Waals surface area contributed by atoms with E-state index in [4.69, 9.17) is 5.73 Å². The maximum atomic E-state index is 11.3. The summed E-state index contributed by atoms with van der Waals surface area (Å²) in [6.07, 6.45) is 1.98. The summed E-state index contributed by atoms with van der Waals surface area (Å²) in [4.78, 5) is 11.3. The van der Waals surface area contributed by atoms with E-state index in [0.29, 0.717) is 5.69 Å². The Morgan fingerprint density at radius 2 is 2.21 bits per heavy atom. The number of aromatic nitrogens is 1. The number of nitrogens with two attached hydrogens (primary N) is 1. The van der Waals surface area contributed by atoms with Crippen molar-refractivity contribution < 1.29 is 9.53 Å². The summed E-state index contributed by atoms with van der Waals surface area (Å²) in [5.74, 6) is -0.317.